The molecular formula is C12H24O. The second-order valence-corrected chi connectivity index (χ2v) is 4.39. The molecule has 0 saturated heterocycles. The Bertz CT molecular complexity index is 143. The molecule has 2 unspecified atom stereocenters. The minimum atomic E-state index is -0.133. The van der Waals surface area contributed by atoms with Gasteiger partial charge in [0.25, 0.3) is 0 Å². The van der Waals surface area contributed by atoms with E-state index >= 15 is 0 Å². The zero-order chi connectivity index (χ0) is 10.3. The molecule has 0 aliphatic carbocycles. The van der Waals surface area contributed by atoms with E-state index < -0.39 is 0 Å². The van der Waals surface area contributed by atoms with Crippen molar-refractivity contribution in [1.82, 2.24) is 0 Å². The van der Waals surface area contributed by atoms with Crippen LogP contribution in [0.2, 0.25) is 0 Å². The lowest BCUT2D eigenvalue weighted by Gasteiger charge is -2.10. The Hall–Kier alpha value is -0.300. The summed E-state index contributed by atoms with van der Waals surface area (Å²) in [6.07, 6.45) is 6.68. The van der Waals surface area contributed by atoms with E-state index in [9.17, 15) is 0 Å². The Morgan fingerprint density at radius 2 is 1.77 bits per heavy atom. The Morgan fingerprint density at radius 3 is 2.23 bits per heavy atom. The monoisotopic (exact) mass is 184 g/mol. The van der Waals surface area contributed by atoms with Crippen molar-refractivity contribution in [1.29, 1.82) is 0 Å². The largest absolute Gasteiger partial charge is 0.393 e. The minimum Gasteiger partial charge on any atom is -0.393 e. The molecule has 1 heteroatoms. The van der Waals surface area contributed by atoms with Crippen molar-refractivity contribution in [3.8, 4) is 0 Å². The van der Waals surface area contributed by atoms with Crippen LogP contribution in [-0.4, -0.2) is 11.2 Å². The maximum Gasteiger partial charge on any atom is 0.0512 e. The highest BCUT2D eigenvalue weighted by molar-refractivity contribution is 4.92. The third-order valence-electron chi connectivity index (χ3n) is 2.29. The van der Waals surface area contributed by atoms with Crippen molar-refractivity contribution in [3.05, 3.63) is 11.6 Å². The maximum atomic E-state index is 9.10. The van der Waals surface area contributed by atoms with Gasteiger partial charge < -0.3 is 5.11 Å². The van der Waals surface area contributed by atoms with Gasteiger partial charge in [0.2, 0.25) is 0 Å². The number of allylic oxidation sites excluding steroid dienone is 2. The zero-order valence-electron chi connectivity index (χ0n) is 9.51. The summed E-state index contributed by atoms with van der Waals surface area (Å²) in [6, 6.07) is 0. The first-order valence-electron chi connectivity index (χ1n) is 5.33. The molecule has 0 aromatic heterocycles. The van der Waals surface area contributed by atoms with Gasteiger partial charge in [0.15, 0.2) is 0 Å². The molecule has 2 atom stereocenters. The van der Waals surface area contributed by atoms with Crippen LogP contribution in [0.5, 0.6) is 0 Å². The lowest BCUT2D eigenvalue weighted by atomic mass is 9.98. The van der Waals surface area contributed by atoms with Gasteiger partial charge in [0.1, 0.15) is 0 Å². The lowest BCUT2D eigenvalue weighted by Crippen LogP contribution is -2.03. The highest BCUT2D eigenvalue weighted by atomic mass is 16.3. The van der Waals surface area contributed by atoms with E-state index in [0.717, 1.165) is 18.8 Å². The molecule has 1 N–H and O–H groups in total. The van der Waals surface area contributed by atoms with Crippen LogP contribution in [0.15, 0.2) is 11.6 Å². The fourth-order valence-corrected chi connectivity index (χ4v) is 1.33. The van der Waals surface area contributed by atoms with E-state index in [1.54, 1.807) is 0 Å². The average molecular weight is 184 g/mol. The van der Waals surface area contributed by atoms with Crippen molar-refractivity contribution in [2.75, 3.05) is 0 Å². The van der Waals surface area contributed by atoms with Crippen LogP contribution < -0.4 is 0 Å². The summed E-state index contributed by atoms with van der Waals surface area (Å²) in [5.74, 6) is 0.741. The number of aliphatic hydroxyl groups excluding tert-OH is 1. The van der Waals surface area contributed by atoms with Gasteiger partial charge in [-0.25, -0.2) is 0 Å². The van der Waals surface area contributed by atoms with Crippen LogP contribution in [0, 0.1) is 5.92 Å². The number of rotatable bonds is 6. The third kappa shape index (κ3) is 9.62. The van der Waals surface area contributed by atoms with E-state index in [-0.39, 0.29) is 6.10 Å². The van der Waals surface area contributed by atoms with Gasteiger partial charge in [-0.1, -0.05) is 18.6 Å². The summed E-state index contributed by atoms with van der Waals surface area (Å²) in [7, 11) is 0. The molecule has 0 aliphatic heterocycles. The second kappa shape index (κ2) is 7.14. The normalized spacial score (nSPS) is 15.2. The topological polar surface area (TPSA) is 20.2 Å². The van der Waals surface area contributed by atoms with Crippen LogP contribution >= 0.6 is 0 Å². The van der Waals surface area contributed by atoms with Gasteiger partial charge in [-0.2, -0.15) is 0 Å². The van der Waals surface area contributed by atoms with Crippen molar-refractivity contribution < 1.29 is 5.11 Å². The third-order valence-corrected chi connectivity index (χ3v) is 2.29. The van der Waals surface area contributed by atoms with Crippen LogP contribution in [0.3, 0.4) is 0 Å². The summed E-state index contributed by atoms with van der Waals surface area (Å²) in [6.45, 7) is 8.41. The Kier molecular flexibility index (Phi) is 6.97. The van der Waals surface area contributed by atoms with E-state index in [0.29, 0.717) is 0 Å². The van der Waals surface area contributed by atoms with E-state index in [1.807, 2.05) is 6.92 Å². The summed E-state index contributed by atoms with van der Waals surface area (Å²) >= 11 is 0. The van der Waals surface area contributed by atoms with Crippen molar-refractivity contribution in [2.24, 2.45) is 5.92 Å². The predicted molar refractivity (Wildman–Crippen MR) is 58.7 cm³/mol. The molecule has 0 rings (SSSR count). The fourth-order valence-electron chi connectivity index (χ4n) is 1.33. The fraction of sp³-hybridized carbons (Fsp3) is 0.833. The van der Waals surface area contributed by atoms with E-state index in [4.69, 9.17) is 5.11 Å². The lowest BCUT2D eigenvalue weighted by molar-refractivity contribution is 0.174. The first-order valence-corrected chi connectivity index (χ1v) is 5.33. The molecule has 1 nitrogen and oxygen atoms in total. The van der Waals surface area contributed by atoms with Crippen LogP contribution in [-0.2, 0) is 0 Å². The van der Waals surface area contributed by atoms with E-state index in [1.165, 1.54) is 18.4 Å². The molecule has 0 aliphatic rings. The molecular weight excluding hydrogens is 160 g/mol. The molecule has 0 spiro atoms. The van der Waals surface area contributed by atoms with Gasteiger partial charge >= 0.3 is 0 Å². The van der Waals surface area contributed by atoms with Crippen molar-refractivity contribution in [3.63, 3.8) is 0 Å². The number of hydrogen-bond donors (Lipinski definition) is 1. The van der Waals surface area contributed by atoms with E-state index in [2.05, 4.69) is 26.8 Å². The Morgan fingerprint density at radius 1 is 1.15 bits per heavy atom. The van der Waals surface area contributed by atoms with Gasteiger partial charge in [-0.05, 0) is 52.4 Å². The highest BCUT2D eigenvalue weighted by Gasteiger charge is 2.03. The number of aliphatic hydroxyl groups is 1. The van der Waals surface area contributed by atoms with Gasteiger partial charge in [0.05, 0.1) is 6.10 Å². The Labute approximate surface area is 82.9 Å². The Balaban J connectivity index is 3.40. The summed E-state index contributed by atoms with van der Waals surface area (Å²) < 4.78 is 0. The van der Waals surface area contributed by atoms with Gasteiger partial charge in [-0.3, -0.25) is 0 Å². The first-order chi connectivity index (χ1) is 6.02. The van der Waals surface area contributed by atoms with Gasteiger partial charge in [-0.15, -0.1) is 0 Å². The molecule has 0 heterocycles. The molecule has 0 aromatic rings. The van der Waals surface area contributed by atoms with Crippen molar-refractivity contribution in [2.45, 2.75) is 59.5 Å². The SMILES string of the molecule is CC(C)=CCCC(C)CCC(C)O. The summed E-state index contributed by atoms with van der Waals surface area (Å²) in [5, 5.41) is 9.10. The van der Waals surface area contributed by atoms with Crippen LogP contribution in [0.25, 0.3) is 0 Å². The molecule has 0 saturated carbocycles. The molecule has 0 fully saturated rings. The first kappa shape index (κ1) is 12.7. The maximum absolute atomic E-state index is 9.10. The number of hydrogen-bond acceptors (Lipinski definition) is 1. The predicted octanol–water partition coefficient (Wildman–Crippen LogP) is 3.53. The average Bonchev–Trinajstić information content (AvgIpc) is 2.00. The molecule has 78 valence electrons. The minimum absolute atomic E-state index is 0.133. The standard InChI is InChI=1S/C12H24O/c1-10(2)6-5-7-11(3)8-9-12(4)13/h6,11-13H,5,7-9H2,1-4H3. The van der Waals surface area contributed by atoms with Crippen LogP contribution in [0.1, 0.15) is 53.4 Å². The summed E-state index contributed by atoms with van der Waals surface area (Å²) in [5.41, 5.74) is 1.41. The quantitative estimate of drug-likeness (QED) is 0.626. The summed E-state index contributed by atoms with van der Waals surface area (Å²) in [4.78, 5) is 0. The molecule has 13 heavy (non-hydrogen) atoms. The molecule has 0 radical (unpaired) electrons. The molecule has 0 aromatic carbocycles. The van der Waals surface area contributed by atoms with Crippen LogP contribution in [0.4, 0.5) is 0 Å². The molecule has 0 amide bonds. The van der Waals surface area contributed by atoms with Gasteiger partial charge in [0, 0.05) is 0 Å². The zero-order valence-corrected chi connectivity index (χ0v) is 9.51. The van der Waals surface area contributed by atoms with Crippen molar-refractivity contribution >= 4 is 0 Å². The smallest absolute Gasteiger partial charge is 0.0512 e. The second-order valence-electron chi connectivity index (χ2n) is 4.39. The highest BCUT2D eigenvalue weighted by Crippen LogP contribution is 2.14. The molecule has 0 bridgehead atoms.